The van der Waals surface area contributed by atoms with Crippen LogP contribution in [0.2, 0.25) is 0 Å². The molecule has 5 nitrogen and oxygen atoms in total. The molecular formula is C16H23N2O3S+. The first kappa shape index (κ1) is 15.5. The lowest BCUT2D eigenvalue weighted by Crippen LogP contribution is -3.18. The van der Waals surface area contributed by atoms with Crippen LogP contribution in [-0.4, -0.2) is 63.0 Å². The Bertz CT molecular complexity index is 646. The van der Waals surface area contributed by atoms with Crippen LogP contribution in [0.15, 0.2) is 24.3 Å². The van der Waals surface area contributed by atoms with Crippen LogP contribution in [0.5, 0.6) is 0 Å². The Morgan fingerprint density at radius 3 is 2.36 bits per heavy atom. The molecule has 2 fully saturated rings. The van der Waals surface area contributed by atoms with Crippen molar-refractivity contribution in [1.82, 2.24) is 4.90 Å². The molecule has 0 bridgehead atoms. The summed E-state index contributed by atoms with van der Waals surface area (Å²) in [6.07, 6.45) is 0.767. The monoisotopic (exact) mass is 323 g/mol. The number of benzene rings is 1. The number of nitrogens with one attached hydrogen (secondary N) is 1. The average Bonchev–Trinajstić information content (AvgIpc) is 2.88. The van der Waals surface area contributed by atoms with Gasteiger partial charge < -0.3 is 9.80 Å². The fourth-order valence-corrected chi connectivity index (χ4v) is 5.23. The molecule has 2 aliphatic heterocycles. The first-order chi connectivity index (χ1) is 10.4. The van der Waals surface area contributed by atoms with Crippen LogP contribution in [0, 0.1) is 6.92 Å². The van der Waals surface area contributed by atoms with Crippen molar-refractivity contribution in [1.29, 1.82) is 0 Å². The summed E-state index contributed by atoms with van der Waals surface area (Å²) < 4.78 is 23.2. The summed E-state index contributed by atoms with van der Waals surface area (Å²) in [7, 11) is -2.82. The Kier molecular flexibility index (Phi) is 4.23. The van der Waals surface area contributed by atoms with Gasteiger partial charge in [-0.3, -0.25) is 4.79 Å². The minimum absolute atomic E-state index is 0.0816. The maximum Gasteiger partial charge on any atom is 0.254 e. The molecule has 1 atom stereocenters. The molecule has 3 rings (SSSR count). The predicted octanol–water partition coefficient (Wildman–Crippen LogP) is -0.477. The van der Waals surface area contributed by atoms with Crippen molar-refractivity contribution in [2.24, 2.45) is 0 Å². The second kappa shape index (κ2) is 6.01. The van der Waals surface area contributed by atoms with Gasteiger partial charge in [0.15, 0.2) is 9.84 Å². The molecule has 6 heteroatoms. The number of hydrogen-bond donors (Lipinski definition) is 1. The Morgan fingerprint density at radius 2 is 1.82 bits per heavy atom. The first-order valence-electron chi connectivity index (χ1n) is 7.85. The lowest BCUT2D eigenvalue weighted by atomic mass is 10.1. The van der Waals surface area contributed by atoms with Crippen LogP contribution in [0.1, 0.15) is 22.3 Å². The van der Waals surface area contributed by atoms with Gasteiger partial charge in [-0.25, -0.2) is 8.42 Å². The van der Waals surface area contributed by atoms with Crippen LogP contribution in [0.3, 0.4) is 0 Å². The zero-order chi connectivity index (χ0) is 15.7. The van der Waals surface area contributed by atoms with Gasteiger partial charge in [0.2, 0.25) is 0 Å². The normalized spacial score (nSPS) is 25.3. The first-order valence-corrected chi connectivity index (χ1v) is 9.68. The summed E-state index contributed by atoms with van der Waals surface area (Å²) in [5.74, 6) is 0.722. The standard InChI is InChI=1S/C16H22N2O3S/c1-13-2-4-14(5-3-13)16(19)18-9-7-17(8-10-18)15-6-11-22(20,21)12-15/h2-5,15H,6-12H2,1H3/p+1/t15-/m0/s1. The topological polar surface area (TPSA) is 58.9 Å². The molecular weight excluding hydrogens is 300 g/mol. The number of rotatable bonds is 2. The third-order valence-electron chi connectivity index (χ3n) is 4.80. The summed E-state index contributed by atoms with van der Waals surface area (Å²) in [6.45, 7) is 5.11. The van der Waals surface area contributed by atoms with E-state index in [-0.39, 0.29) is 11.9 Å². The number of hydrogen-bond acceptors (Lipinski definition) is 3. The maximum absolute atomic E-state index is 12.5. The summed E-state index contributed by atoms with van der Waals surface area (Å²) in [6, 6.07) is 7.89. The van der Waals surface area contributed by atoms with E-state index in [9.17, 15) is 13.2 Å². The quantitative estimate of drug-likeness (QED) is 0.800. The summed E-state index contributed by atoms with van der Waals surface area (Å²) in [5.41, 5.74) is 1.88. The minimum Gasteiger partial charge on any atom is -0.329 e. The van der Waals surface area contributed by atoms with Crippen molar-refractivity contribution < 1.29 is 18.1 Å². The molecule has 0 aliphatic carbocycles. The molecule has 2 aliphatic rings. The van der Waals surface area contributed by atoms with Gasteiger partial charge in [-0.15, -0.1) is 0 Å². The summed E-state index contributed by atoms with van der Waals surface area (Å²) in [4.78, 5) is 15.7. The Hall–Kier alpha value is -1.40. The zero-order valence-electron chi connectivity index (χ0n) is 12.9. The number of carbonyl (C=O) groups excluding carboxylic acids is 1. The van der Waals surface area contributed by atoms with E-state index in [1.165, 1.54) is 4.90 Å². The van der Waals surface area contributed by atoms with E-state index in [0.29, 0.717) is 24.6 Å². The van der Waals surface area contributed by atoms with E-state index < -0.39 is 9.84 Å². The largest absolute Gasteiger partial charge is 0.329 e. The number of aryl methyl sites for hydroxylation is 1. The van der Waals surface area contributed by atoms with Crippen LogP contribution in [0.25, 0.3) is 0 Å². The van der Waals surface area contributed by atoms with E-state index in [0.717, 1.165) is 30.6 Å². The molecule has 1 aromatic rings. The molecule has 0 saturated carbocycles. The van der Waals surface area contributed by atoms with Gasteiger partial charge in [-0.1, -0.05) is 17.7 Å². The van der Waals surface area contributed by atoms with Crippen molar-refractivity contribution in [3.05, 3.63) is 35.4 Å². The molecule has 2 saturated heterocycles. The number of piperazine rings is 1. The van der Waals surface area contributed by atoms with Gasteiger partial charge in [-0.05, 0) is 19.1 Å². The van der Waals surface area contributed by atoms with Crippen molar-refractivity contribution in [2.45, 2.75) is 19.4 Å². The molecule has 22 heavy (non-hydrogen) atoms. The Balaban J connectivity index is 1.57. The molecule has 2 heterocycles. The second-order valence-electron chi connectivity index (χ2n) is 6.42. The molecule has 1 amide bonds. The number of sulfone groups is 1. The van der Waals surface area contributed by atoms with Crippen LogP contribution in [-0.2, 0) is 9.84 Å². The van der Waals surface area contributed by atoms with Crippen molar-refractivity contribution >= 4 is 15.7 Å². The van der Waals surface area contributed by atoms with E-state index in [2.05, 4.69) is 0 Å². The molecule has 0 unspecified atom stereocenters. The maximum atomic E-state index is 12.5. The van der Waals surface area contributed by atoms with Gasteiger partial charge in [0.1, 0.15) is 11.8 Å². The number of carbonyl (C=O) groups is 1. The highest BCUT2D eigenvalue weighted by Gasteiger charge is 2.37. The third-order valence-corrected chi connectivity index (χ3v) is 6.57. The lowest BCUT2D eigenvalue weighted by Gasteiger charge is -2.35. The lowest BCUT2D eigenvalue weighted by molar-refractivity contribution is -0.925. The van der Waals surface area contributed by atoms with Crippen molar-refractivity contribution in [3.8, 4) is 0 Å². The van der Waals surface area contributed by atoms with Crippen LogP contribution in [0.4, 0.5) is 0 Å². The average molecular weight is 323 g/mol. The number of nitrogens with zero attached hydrogens (tertiary/aromatic N) is 1. The smallest absolute Gasteiger partial charge is 0.254 e. The van der Waals surface area contributed by atoms with Crippen LogP contribution < -0.4 is 4.90 Å². The van der Waals surface area contributed by atoms with Crippen molar-refractivity contribution in [3.63, 3.8) is 0 Å². The van der Waals surface area contributed by atoms with E-state index in [1.807, 2.05) is 36.1 Å². The van der Waals surface area contributed by atoms with E-state index in [4.69, 9.17) is 0 Å². The van der Waals surface area contributed by atoms with Gasteiger partial charge in [0, 0.05) is 12.0 Å². The third kappa shape index (κ3) is 3.33. The number of amides is 1. The highest BCUT2D eigenvalue weighted by molar-refractivity contribution is 7.91. The zero-order valence-corrected chi connectivity index (χ0v) is 13.7. The molecule has 1 aromatic carbocycles. The van der Waals surface area contributed by atoms with Gasteiger partial charge in [0.05, 0.1) is 31.9 Å². The summed E-state index contributed by atoms with van der Waals surface area (Å²) >= 11 is 0. The fourth-order valence-electron chi connectivity index (χ4n) is 3.40. The Morgan fingerprint density at radius 1 is 1.18 bits per heavy atom. The Labute approximate surface area is 131 Å². The van der Waals surface area contributed by atoms with Crippen molar-refractivity contribution in [2.75, 3.05) is 37.7 Å². The SMILES string of the molecule is Cc1ccc(C(=O)N2CC[NH+]([C@H]3CCS(=O)(=O)C3)CC2)cc1. The fraction of sp³-hybridized carbons (Fsp3) is 0.562. The highest BCUT2D eigenvalue weighted by Crippen LogP contribution is 2.11. The predicted molar refractivity (Wildman–Crippen MR) is 84.8 cm³/mol. The van der Waals surface area contributed by atoms with Gasteiger partial charge in [0.25, 0.3) is 5.91 Å². The van der Waals surface area contributed by atoms with Gasteiger partial charge in [-0.2, -0.15) is 0 Å². The molecule has 0 aromatic heterocycles. The van der Waals surface area contributed by atoms with E-state index >= 15 is 0 Å². The molecule has 120 valence electrons. The highest BCUT2D eigenvalue weighted by atomic mass is 32.2. The van der Waals surface area contributed by atoms with E-state index in [1.54, 1.807) is 0 Å². The second-order valence-corrected chi connectivity index (χ2v) is 8.65. The number of quaternary nitrogens is 1. The minimum atomic E-state index is -2.82. The van der Waals surface area contributed by atoms with Gasteiger partial charge >= 0.3 is 0 Å². The summed E-state index contributed by atoms with van der Waals surface area (Å²) in [5, 5.41) is 0. The van der Waals surface area contributed by atoms with Crippen LogP contribution >= 0.6 is 0 Å². The molecule has 0 spiro atoms. The molecule has 0 radical (unpaired) electrons. The molecule has 1 N–H and O–H groups in total.